The molecule has 1 unspecified atom stereocenters. The molecule has 0 saturated heterocycles. The summed E-state index contributed by atoms with van der Waals surface area (Å²) in [6.45, 7) is 0. The van der Waals surface area contributed by atoms with E-state index in [2.05, 4.69) is 75.2 Å². The minimum Gasteiger partial charge on any atom is -0.328 e. The van der Waals surface area contributed by atoms with Crippen molar-refractivity contribution in [2.75, 3.05) is 0 Å². The van der Waals surface area contributed by atoms with Crippen molar-refractivity contribution >= 4 is 9.24 Å². The quantitative estimate of drug-likeness (QED) is 0.830. The van der Waals surface area contributed by atoms with Crippen LogP contribution in [-0.2, 0) is 5.28 Å². The Labute approximate surface area is 130 Å². The first kappa shape index (κ1) is 14.8. The van der Waals surface area contributed by atoms with E-state index in [9.17, 15) is 0 Å². The maximum absolute atomic E-state index is 3.14. The smallest absolute Gasteiger partial charge is 0.159 e. The maximum Gasteiger partial charge on any atom is 0.159 e. The monoisotopic (exact) mass is 298 g/mol. The Morgan fingerprint density at radius 1 is 0.762 bits per heavy atom. The van der Waals surface area contributed by atoms with Crippen molar-refractivity contribution < 1.29 is 5.32 Å². The van der Waals surface area contributed by atoms with Gasteiger partial charge in [0.15, 0.2) is 5.28 Å². The molecule has 0 bridgehead atoms. The molecule has 2 N–H and O–H groups in total. The molecule has 1 aliphatic carbocycles. The van der Waals surface area contributed by atoms with Crippen LogP contribution in [0, 0.1) is 0 Å². The van der Waals surface area contributed by atoms with Gasteiger partial charge in [0.1, 0.15) is 0 Å². The molecular weight excluding hydrogens is 273 g/mol. The lowest BCUT2D eigenvalue weighted by Crippen LogP contribution is -2.98. The van der Waals surface area contributed by atoms with E-state index in [-0.39, 0.29) is 5.28 Å². The topological polar surface area (TPSA) is 16.6 Å². The van der Waals surface area contributed by atoms with Gasteiger partial charge in [0, 0.05) is 11.1 Å². The fourth-order valence-electron chi connectivity index (χ4n) is 3.46. The zero-order valence-corrected chi connectivity index (χ0v) is 13.7. The molecule has 2 aromatic carbocycles. The van der Waals surface area contributed by atoms with Gasteiger partial charge in [-0.15, -0.1) is 0 Å². The van der Waals surface area contributed by atoms with Crippen molar-refractivity contribution in [1.82, 2.24) is 0 Å². The third-order valence-electron chi connectivity index (χ3n) is 4.65. The summed E-state index contributed by atoms with van der Waals surface area (Å²) in [6, 6.07) is 22.5. The maximum atomic E-state index is 3.14. The standard InChI is InChI=1S/C19H24NP/c21-19(16-10-4-1-5-11-16,17-12-6-2-7-13-17)20-18-14-8-3-9-15-18/h1-2,4-7,10-13,18,20H,3,8-9,14-15,21H2/p+1. The van der Waals surface area contributed by atoms with Crippen LogP contribution >= 0.6 is 9.24 Å². The Hall–Kier alpha value is -1.17. The SMILES string of the molecule is PC([NH2+]C1CCCCC1)(c1ccccc1)c1ccccc1. The third kappa shape index (κ3) is 3.36. The first-order chi connectivity index (χ1) is 10.3. The number of nitrogens with two attached hydrogens (primary N) is 1. The van der Waals surface area contributed by atoms with Crippen LogP contribution in [-0.4, -0.2) is 6.04 Å². The van der Waals surface area contributed by atoms with Crippen molar-refractivity contribution in [2.24, 2.45) is 0 Å². The average molecular weight is 298 g/mol. The lowest BCUT2D eigenvalue weighted by molar-refractivity contribution is -0.735. The van der Waals surface area contributed by atoms with Gasteiger partial charge >= 0.3 is 0 Å². The van der Waals surface area contributed by atoms with E-state index in [1.54, 1.807) is 0 Å². The number of hydrogen-bond donors (Lipinski definition) is 1. The zero-order valence-electron chi connectivity index (χ0n) is 12.5. The highest BCUT2D eigenvalue weighted by molar-refractivity contribution is 7.18. The summed E-state index contributed by atoms with van der Waals surface area (Å²) in [4.78, 5) is 0. The van der Waals surface area contributed by atoms with Crippen LogP contribution in [0.25, 0.3) is 0 Å². The largest absolute Gasteiger partial charge is 0.328 e. The molecule has 3 rings (SSSR count). The molecule has 1 nitrogen and oxygen atoms in total. The highest BCUT2D eigenvalue weighted by Gasteiger charge is 2.35. The van der Waals surface area contributed by atoms with Gasteiger partial charge in [-0.1, -0.05) is 76.3 Å². The van der Waals surface area contributed by atoms with Crippen molar-refractivity contribution in [1.29, 1.82) is 0 Å². The predicted octanol–water partition coefficient (Wildman–Crippen LogP) is 3.66. The van der Waals surface area contributed by atoms with Gasteiger partial charge in [0.25, 0.3) is 0 Å². The Bertz CT molecular complexity index is 507. The second-order valence-corrected chi connectivity index (χ2v) is 7.08. The van der Waals surface area contributed by atoms with Gasteiger partial charge in [-0.3, -0.25) is 0 Å². The Balaban J connectivity index is 1.94. The van der Waals surface area contributed by atoms with Crippen LogP contribution in [0.15, 0.2) is 60.7 Å². The summed E-state index contributed by atoms with van der Waals surface area (Å²) in [5, 5.41) is 2.52. The fourth-order valence-corrected chi connectivity index (χ4v) is 4.12. The Kier molecular flexibility index (Phi) is 4.73. The molecule has 0 spiro atoms. The summed E-state index contributed by atoms with van der Waals surface area (Å²) in [7, 11) is 3.14. The van der Waals surface area contributed by atoms with Crippen LogP contribution in [0.1, 0.15) is 43.2 Å². The van der Waals surface area contributed by atoms with Gasteiger partial charge in [0.05, 0.1) is 6.04 Å². The summed E-state index contributed by atoms with van der Waals surface area (Å²) < 4.78 is 0. The molecule has 0 amide bonds. The minimum atomic E-state index is -0.0650. The summed E-state index contributed by atoms with van der Waals surface area (Å²) in [5.41, 5.74) is 2.73. The van der Waals surface area contributed by atoms with Gasteiger partial charge in [0.2, 0.25) is 0 Å². The molecule has 21 heavy (non-hydrogen) atoms. The number of quaternary nitrogens is 1. The van der Waals surface area contributed by atoms with Crippen molar-refractivity contribution in [2.45, 2.75) is 43.4 Å². The molecule has 2 heteroatoms. The lowest BCUT2D eigenvalue weighted by Gasteiger charge is -2.34. The summed E-state index contributed by atoms with van der Waals surface area (Å²) in [6.07, 6.45) is 6.85. The van der Waals surface area contributed by atoms with E-state index < -0.39 is 0 Å². The number of hydrogen-bond acceptors (Lipinski definition) is 0. The highest BCUT2D eigenvalue weighted by Crippen LogP contribution is 2.33. The van der Waals surface area contributed by atoms with E-state index in [4.69, 9.17) is 0 Å². The number of rotatable bonds is 4. The van der Waals surface area contributed by atoms with Gasteiger partial charge in [-0.25, -0.2) is 0 Å². The molecule has 0 radical (unpaired) electrons. The van der Waals surface area contributed by atoms with Crippen LogP contribution in [0.4, 0.5) is 0 Å². The molecule has 0 aromatic heterocycles. The van der Waals surface area contributed by atoms with E-state index in [1.807, 2.05) is 0 Å². The van der Waals surface area contributed by atoms with Gasteiger partial charge in [-0.2, -0.15) is 0 Å². The van der Waals surface area contributed by atoms with Crippen molar-refractivity contribution in [3.63, 3.8) is 0 Å². The zero-order chi connectivity index (χ0) is 14.5. The number of benzene rings is 2. The molecule has 0 heterocycles. The predicted molar refractivity (Wildman–Crippen MR) is 92.2 cm³/mol. The van der Waals surface area contributed by atoms with Crippen LogP contribution in [0.5, 0.6) is 0 Å². The third-order valence-corrected chi connectivity index (χ3v) is 5.51. The summed E-state index contributed by atoms with van der Waals surface area (Å²) in [5.74, 6) is 0. The van der Waals surface area contributed by atoms with Gasteiger partial charge < -0.3 is 5.32 Å². The molecule has 2 aromatic rings. The summed E-state index contributed by atoms with van der Waals surface area (Å²) >= 11 is 0. The van der Waals surface area contributed by atoms with E-state index in [0.717, 1.165) is 6.04 Å². The highest BCUT2D eigenvalue weighted by atomic mass is 31.0. The van der Waals surface area contributed by atoms with E-state index in [1.165, 1.54) is 43.2 Å². The fraction of sp³-hybridized carbons (Fsp3) is 0.368. The van der Waals surface area contributed by atoms with Crippen LogP contribution < -0.4 is 5.32 Å². The van der Waals surface area contributed by atoms with Crippen molar-refractivity contribution in [3.05, 3.63) is 71.8 Å². The second kappa shape index (κ2) is 6.73. The van der Waals surface area contributed by atoms with Crippen LogP contribution in [0.3, 0.4) is 0 Å². The minimum absolute atomic E-state index is 0.0650. The molecule has 0 aliphatic heterocycles. The molecule has 1 saturated carbocycles. The van der Waals surface area contributed by atoms with Crippen molar-refractivity contribution in [3.8, 4) is 0 Å². The molecule has 110 valence electrons. The van der Waals surface area contributed by atoms with Gasteiger partial charge in [-0.05, 0) is 25.7 Å². The van der Waals surface area contributed by atoms with E-state index in [0.29, 0.717) is 0 Å². The molecule has 1 fully saturated rings. The Morgan fingerprint density at radius 2 is 1.24 bits per heavy atom. The molecular formula is C19H25NP+. The lowest BCUT2D eigenvalue weighted by atomic mass is 9.91. The second-order valence-electron chi connectivity index (χ2n) is 6.17. The first-order valence-corrected chi connectivity index (χ1v) is 8.63. The van der Waals surface area contributed by atoms with E-state index >= 15 is 0 Å². The average Bonchev–Trinajstić information content (AvgIpc) is 2.57. The Morgan fingerprint density at radius 3 is 1.71 bits per heavy atom. The van der Waals surface area contributed by atoms with Crippen LogP contribution in [0.2, 0.25) is 0 Å². The molecule has 1 atom stereocenters. The first-order valence-electron chi connectivity index (χ1n) is 8.05. The normalized spacial score (nSPS) is 16.8. The molecule has 1 aliphatic rings.